The van der Waals surface area contributed by atoms with Crippen molar-refractivity contribution in [1.29, 1.82) is 0 Å². The fourth-order valence-corrected chi connectivity index (χ4v) is 3.46. The quantitative estimate of drug-likeness (QED) is 0.585. The molecule has 1 aromatic rings. The van der Waals surface area contributed by atoms with Gasteiger partial charge in [-0.05, 0) is 48.3 Å². The normalized spacial score (nSPS) is 16.7. The first kappa shape index (κ1) is 13.0. The molecule has 6 heteroatoms. The molecule has 1 aliphatic carbocycles. The van der Waals surface area contributed by atoms with E-state index in [-0.39, 0.29) is 5.11 Å². The lowest BCUT2D eigenvalue weighted by Crippen LogP contribution is -2.27. The maximum absolute atomic E-state index is 5.35. The van der Waals surface area contributed by atoms with Crippen LogP contribution < -0.4 is 11.2 Å². The van der Waals surface area contributed by atoms with Crippen LogP contribution in [0.15, 0.2) is 26.2 Å². The Morgan fingerprint density at radius 1 is 1.35 bits per heavy atom. The molecule has 17 heavy (non-hydrogen) atoms. The van der Waals surface area contributed by atoms with E-state index in [1.165, 1.54) is 11.1 Å². The van der Waals surface area contributed by atoms with Crippen molar-refractivity contribution >= 4 is 54.9 Å². The summed E-state index contributed by atoms with van der Waals surface area (Å²) in [5, 5.41) is 4.42. The maximum Gasteiger partial charge on any atom is 0.184 e. The third-order valence-corrected chi connectivity index (χ3v) is 3.89. The molecular weight excluding hydrogens is 366 g/mol. The van der Waals surface area contributed by atoms with Crippen molar-refractivity contribution in [3.63, 3.8) is 0 Å². The van der Waals surface area contributed by atoms with Crippen LogP contribution in [0.25, 0.3) is 0 Å². The Kier molecular flexibility index (Phi) is 4.17. The van der Waals surface area contributed by atoms with Crippen LogP contribution in [0.3, 0.4) is 0 Å². The van der Waals surface area contributed by atoms with Crippen molar-refractivity contribution in [1.82, 2.24) is 5.43 Å². The molecule has 90 valence electrons. The van der Waals surface area contributed by atoms with Gasteiger partial charge in [0.2, 0.25) is 0 Å². The van der Waals surface area contributed by atoms with E-state index in [9.17, 15) is 0 Å². The number of halogens is 2. The zero-order chi connectivity index (χ0) is 12.4. The van der Waals surface area contributed by atoms with Crippen LogP contribution in [0.2, 0.25) is 0 Å². The predicted octanol–water partition coefficient (Wildman–Crippen LogP) is 2.89. The molecule has 0 amide bonds. The number of thiocarbonyl (C=S) groups is 1. The van der Waals surface area contributed by atoms with Crippen LogP contribution in [-0.4, -0.2) is 10.8 Å². The van der Waals surface area contributed by atoms with Crippen molar-refractivity contribution in [2.75, 3.05) is 0 Å². The van der Waals surface area contributed by atoms with Crippen molar-refractivity contribution in [2.45, 2.75) is 19.3 Å². The Balaban J connectivity index is 2.24. The molecule has 0 radical (unpaired) electrons. The van der Waals surface area contributed by atoms with Gasteiger partial charge in [0.15, 0.2) is 5.11 Å². The van der Waals surface area contributed by atoms with Gasteiger partial charge in [-0.25, -0.2) is 0 Å². The van der Waals surface area contributed by atoms with E-state index in [1.54, 1.807) is 0 Å². The minimum Gasteiger partial charge on any atom is -0.375 e. The van der Waals surface area contributed by atoms with E-state index in [0.29, 0.717) is 0 Å². The molecular formula is C11H11Br2N3S. The average molecular weight is 377 g/mol. The summed E-state index contributed by atoms with van der Waals surface area (Å²) in [6.07, 6.45) is 2.76. The standard InChI is InChI=1S/C11H11Br2N3S/c12-7-3-6-4-8(15-16-11(14)17)1-2-9(6)10(13)5-7/h3,5H,1-2,4H2,(H3,14,16,17). The van der Waals surface area contributed by atoms with Gasteiger partial charge >= 0.3 is 0 Å². The van der Waals surface area contributed by atoms with Gasteiger partial charge < -0.3 is 5.73 Å². The molecule has 3 N–H and O–H groups in total. The first-order valence-electron chi connectivity index (χ1n) is 5.14. The number of benzene rings is 1. The second-order valence-electron chi connectivity index (χ2n) is 3.86. The topological polar surface area (TPSA) is 50.4 Å². The maximum atomic E-state index is 5.35. The molecule has 0 saturated carbocycles. The van der Waals surface area contributed by atoms with Crippen LogP contribution in [0.1, 0.15) is 17.5 Å². The molecule has 1 aliphatic rings. The zero-order valence-corrected chi connectivity index (χ0v) is 13.0. The number of nitrogens with zero attached hydrogens (tertiary/aromatic N) is 1. The second-order valence-corrected chi connectivity index (χ2v) is 6.07. The number of rotatable bonds is 1. The van der Waals surface area contributed by atoms with E-state index < -0.39 is 0 Å². The van der Waals surface area contributed by atoms with Gasteiger partial charge in [0.25, 0.3) is 0 Å². The fraction of sp³-hybridized carbons (Fsp3) is 0.273. The second kappa shape index (κ2) is 5.46. The van der Waals surface area contributed by atoms with Crippen molar-refractivity contribution in [2.24, 2.45) is 10.8 Å². The minimum atomic E-state index is 0.207. The van der Waals surface area contributed by atoms with Gasteiger partial charge in [0.05, 0.1) is 0 Å². The largest absolute Gasteiger partial charge is 0.375 e. The Labute approximate surface area is 122 Å². The summed E-state index contributed by atoms with van der Waals surface area (Å²) >= 11 is 11.8. The molecule has 1 aromatic carbocycles. The van der Waals surface area contributed by atoms with Crippen LogP contribution in [0, 0.1) is 0 Å². The van der Waals surface area contributed by atoms with Gasteiger partial charge in [0.1, 0.15) is 0 Å². The van der Waals surface area contributed by atoms with Gasteiger partial charge in [-0.2, -0.15) is 5.10 Å². The third kappa shape index (κ3) is 3.26. The Bertz CT molecular complexity index is 500. The first-order chi connectivity index (χ1) is 8.06. The number of fused-ring (bicyclic) bond motifs is 1. The number of hydrogen-bond acceptors (Lipinski definition) is 2. The molecule has 0 aliphatic heterocycles. The number of hydrazone groups is 1. The van der Waals surface area contributed by atoms with E-state index >= 15 is 0 Å². The summed E-state index contributed by atoms with van der Waals surface area (Å²) in [6.45, 7) is 0. The third-order valence-electron chi connectivity index (χ3n) is 2.63. The van der Waals surface area contributed by atoms with Gasteiger partial charge in [0, 0.05) is 21.1 Å². The predicted molar refractivity (Wildman–Crippen MR) is 81.2 cm³/mol. The molecule has 0 fully saturated rings. The van der Waals surface area contributed by atoms with Gasteiger partial charge in [-0.1, -0.05) is 31.9 Å². The summed E-state index contributed by atoms with van der Waals surface area (Å²) in [6, 6.07) is 4.21. The zero-order valence-electron chi connectivity index (χ0n) is 8.96. The first-order valence-corrected chi connectivity index (χ1v) is 7.13. The molecule has 0 atom stereocenters. The van der Waals surface area contributed by atoms with Crippen LogP contribution in [0.5, 0.6) is 0 Å². The highest BCUT2D eigenvalue weighted by atomic mass is 79.9. The van der Waals surface area contributed by atoms with Crippen molar-refractivity contribution in [3.8, 4) is 0 Å². The van der Waals surface area contributed by atoms with Gasteiger partial charge in [-0.15, -0.1) is 0 Å². The molecule has 0 bridgehead atoms. The molecule has 0 saturated heterocycles. The molecule has 0 heterocycles. The molecule has 0 spiro atoms. The fourth-order valence-electron chi connectivity index (χ4n) is 1.90. The molecule has 0 aromatic heterocycles. The van der Waals surface area contributed by atoms with Crippen LogP contribution in [-0.2, 0) is 12.8 Å². The molecule has 2 rings (SSSR count). The summed E-state index contributed by atoms with van der Waals surface area (Å²) < 4.78 is 2.23. The van der Waals surface area contributed by atoms with Crippen LogP contribution >= 0.6 is 44.1 Å². The van der Waals surface area contributed by atoms with Crippen LogP contribution in [0.4, 0.5) is 0 Å². The van der Waals surface area contributed by atoms with E-state index in [4.69, 9.17) is 18.0 Å². The van der Waals surface area contributed by atoms with Crippen molar-refractivity contribution in [3.05, 3.63) is 32.2 Å². The minimum absolute atomic E-state index is 0.207. The smallest absolute Gasteiger partial charge is 0.184 e. The highest BCUT2D eigenvalue weighted by Gasteiger charge is 2.17. The summed E-state index contributed by atoms with van der Waals surface area (Å²) in [5.41, 5.74) is 11.7. The number of hydrogen-bond donors (Lipinski definition) is 2. The SMILES string of the molecule is NC(=S)NN=C1CCc2c(Br)cc(Br)cc2C1. The lowest BCUT2D eigenvalue weighted by atomic mass is 9.90. The van der Waals surface area contributed by atoms with E-state index in [1.807, 2.05) is 0 Å². The molecule has 3 nitrogen and oxygen atoms in total. The van der Waals surface area contributed by atoms with E-state index in [0.717, 1.165) is 33.9 Å². The summed E-state index contributed by atoms with van der Waals surface area (Å²) in [4.78, 5) is 0. The van der Waals surface area contributed by atoms with Crippen molar-refractivity contribution < 1.29 is 0 Å². The lowest BCUT2D eigenvalue weighted by molar-refractivity contribution is 0.902. The number of nitrogens with one attached hydrogen (secondary N) is 1. The lowest BCUT2D eigenvalue weighted by Gasteiger charge is -2.19. The Morgan fingerprint density at radius 3 is 2.82 bits per heavy atom. The summed E-state index contributed by atoms with van der Waals surface area (Å²) in [5.74, 6) is 0. The monoisotopic (exact) mass is 375 g/mol. The Hall–Kier alpha value is -0.460. The average Bonchev–Trinajstić information content (AvgIpc) is 2.25. The Morgan fingerprint density at radius 2 is 2.12 bits per heavy atom. The van der Waals surface area contributed by atoms with Gasteiger partial charge in [-0.3, -0.25) is 5.43 Å². The number of nitrogens with two attached hydrogens (primary N) is 1. The molecule has 0 unspecified atom stereocenters. The summed E-state index contributed by atoms with van der Waals surface area (Å²) in [7, 11) is 0. The highest BCUT2D eigenvalue weighted by Crippen LogP contribution is 2.30. The highest BCUT2D eigenvalue weighted by molar-refractivity contribution is 9.11. The van der Waals surface area contributed by atoms with E-state index in [2.05, 4.69) is 54.5 Å².